The molecule has 0 unspecified atom stereocenters. The number of rotatable bonds is 6. The van der Waals surface area contributed by atoms with Crippen molar-refractivity contribution in [1.82, 2.24) is 39.5 Å². The predicted octanol–water partition coefficient (Wildman–Crippen LogP) is 3.13. The van der Waals surface area contributed by atoms with Gasteiger partial charge in [0, 0.05) is 62.4 Å². The number of aliphatic imine (C=N–C) groups is 1. The van der Waals surface area contributed by atoms with Gasteiger partial charge in [0.1, 0.15) is 17.2 Å². The molecule has 0 saturated carbocycles. The predicted molar refractivity (Wildman–Crippen MR) is 174 cm³/mol. The van der Waals surface area contributed by atoms with Gasteiger partial charge in [-0.25, -0.2) is 15.0 Å². The number of carbonyl (C=O) groups excluding carboxylic acids is 2. The summed E-state index contributed by atoms with van der Waals surface area (Å²) in [6.07, 6.45) is 9.71. The molecule has 13 heteroatoms. The second kappa shape index (κ2) is 11.3. The molecule has 8 heterocycles. The van der Waals surface area contributed by atoms with Crippen LogP contribution in [0.15, 0.2) is 54.1 Å². The topological polar surface area (TPSA) is 126 Å². The smallest absolute Gasteiger partial charge is 0.237 e. The van der Waals surface area contributed by atoms with E-state index in [-0.39, 0.29) is 11.8 Å². The van der Waals surface area contributed by atoms with Gasteiger partial charge in [0.2, 0.25) is 11.8 Å². The van der Waals surface area contributed by atoms with Gasteiger partial charge in [0.15, 0.2) is 5.82 Å². The first-order chi connectivity index (χ1) is 22.3. The third kappa shape index (κ3) is 5.13. The lowest BCUT2D eigenvalue weighted by molar-refractivity contribution is -0.132. The molecule has 0 N–H and O–H groups in total. The van der Waals surface area contributed by atoms with Gasteiger partial charge in [-0.3, -0.25) is 34.0 Å². The highest BCUT2D eigenvalue weighted by atomic mass is 32.1. The van der Waals surface area contributed by atoms with E-state index in [2.05, 4.69) is 31.0 Å². The van der Waals surface area contributed by atoms with Gasteiger partial charge in [-0.15, -0.1) is 11.3 Å². The van der Waals surface area contributed by atoms with E-state index in [4.69, 9.17) is 9.98 Å². The Balaban J connectivity index is 0.891. The fourth-order valence-corrected chi connectivity index (χ4v) is 7.83. The second-order valence-corrected chi connectivity index (χ2v) is 13.6. The molecule has 0 aromatic carbocycles. The van der Waals surface area contributed by atoms with Crippen LogP contribution in [0.4, 0.5) is 5.82 Å². The molecule has 1 atom stereocenters. The minimum Gasteiger partial charge on any atom is -0.338 e. The van der Waals surface area contributed by atoms with E-state index in [9.17, 15) is 9.59 Å². The molecular weight excluding hydrogens is 600 g/mol. The molecule has 0 aliphatic carbocycles. The highest BCUT2D eigenvalue weighted by Crippen LogP contribution is 2.42. The van der Waals surface area contributed by atoms with E-state index in [1.807, 2.05) is 60.4 Å². The van der Waals surface area contributed by atoms with Crippen LogP contribution in [0.25, 0.3) is 16.3 Å². The number of amides is 2. The molecule has 4 aliphatic heterocycles. The number of carbonyl (C=O) groups is 2. The SMILES string of the molecule is Cc1ccc(C2=NCc3ccc(N4CC[C@]5(CCN(CC(=O)N6CC=C(c7ncc(-c8ncn(C)n8)s7)CC6)C5)C4=O)nc32)cn1. The van der Waals surface area contributed by atoms with Crippen molar-refractivity contribution in [2.75, 3.05) is 44.2 Å². The third-order valence-electron chi connectivity index (χ3n) is 9.52. The number of nitrogens with zero attached hydrogens (tertiary/aromatic N) is 10. The van der Waals surface area contributed by atoms with Crippen molar-refractivity contribution in [3.63, 3.8) is 0 Å². The number of pyridine rings is 2. The normalized spacial score (nSPS) is 21.3. The van der Waals surface area contributed by atoms with Gasteiger partial charge in [-0.2, -0.15) is 5.10 Å². The van der Waals surface area contributed by atoms with Crippen LogP contribution < -0.4 is 4.90 Å². The van der Waals surface area contributed by atoms with Crippen LogP contribution in [0.2, 0.25) is 0 Å². The van der Waals surface area contributed by atoms with Crippen molar-refractivity contribution in [3.8, 4) is 10.7 Å². The summed E-state index contributed by atoms with van der Waals surface area (Å²) in [5, 5.41) is 5.32. The Morgan fingerprint density at radius 2 is 1.93 bits per heavy atom. The van der Waals surface area contributed by atoms with Gasteiger partial charge in [-0.1, -0.05) is 12.1 Å². The van der Waals surface area contributed by atoms with E-state index in [1.165, 1.54) is 0 Å². The largest absolute Gasteiger partial charge is 0.338 e. The maximum atomic E-state index is 13.9. The number of hydrogen-bond donors (Lipinski definition) is 0. The van der Waals surface area contributed by atoms with Gasteiger partial charge in [-0.05, 0) is 56.5 Å². The molecule has 0 radical (unpaired) electrons. The quantitative estimate of drug-likeness (QED) is 0.317. The third-order valence-corrected chi connectivity index (χ3v) is 10.6. The summed E-state index contributed by atoms with van der Waals surface area (Å²) in [6, 6.07) is 7.98. The number of aromatic nitrogens is 6. The molecule has 4 aromatic rings. The molecular formula is C33H34N10O2S. The molecule has 0 bridgehead atoms. The van der Waals surface area contributed by atoms with Gasteiger partial charge < -0.3 is 4.90 Å². The van der Waals surface area contributed by atoms with Crippen molar-refractivity contribution < 1.29 is 9.59 Å². The number of likely N-dealkylation sites (tertiary alicyclic amines) is 1. The molecule has 2 fully saturated rings. The Bertz CT molecular complexity index is 1910. The Kier molecular flexibility index (Phi) is 7.09. The van der Waals surface area contributed by atoms with E-state index < -0.39 is 5.41 Å². The Labute approximate surface area is 270 Å². The monoisotopic (exact) mass is 634 g/mol. The molecule has 12 nitrogen and oxygen atoms in total. The first kappa shape index (κ1) is 28.8. The van der Waals surface area contributed by atoms with Crippen LogP contribution in [-0.2, 0) is 23.2 Å². The minimum absolute atomic E-state index is 0.102. The summed E-state index contributed by atoms with van der Waals surface area (Å²) in [7, 11) is 1.85. The van der Waals surface area contributed by atoms with E-state index >= 15 is 0 Å². The standard InChI is InChI=1S/C33H34N10O2S/c1-21-3-4-23(15-34-21)28-29-24(16-35-28)5-6-26(38-29)43-14-10-33(32(43)45)9-13-41(19-33)18-27(44)42-11-7-22(8-12-42)31-36-17-25(46-31)30-37-20-40(2)39-30/h3-7,15,17,20H,8-14,16,18-19H2,1-2H3/t33-/m0/s1. The molecule has 46 heavy (non-hydrogen) atoms. The van der Waals surface area contributed by atoms with Gasteiger partial charge >= 0.3 is 0 Å². The number of anilines is 1. The molecule has 234 valence electrons. The summed E-state index contributed by atoms with van der Waals surface area (Å²) in [5.41, 5.74) is 5.28. The van der Waals surface area contributed by atoms with Crippen molar-refractivity contribution in [2.45, 2.75) is 32.7 Å². The van der Waals surface area contributed by atoms with Crippen molar-refractivity contribution >= 4 is 40.3 Å². The summed E-state index contributed by atoms with van der Waals surface area (Å²) in [4.78, 5) is 57.1. The summed E-state index contributed by atoms with van der Waals surface area (Å²) < 4.78 is 1.68. The number of aryl methyl sites for hydroxylation is 2. The lowest BCUT2D eigenvalue weighted by Crippen LogP contribution is -2.43. The van der Waals surface area contributed by atoms with Crippen molar-refractivity contribution in [2.24, 2.45) is 17.5 Å². The van der Waals surface area contributed by atoms with Crippen LogP contribution in [0.5, 0.6) is 0 Å². The van der Waals surface area contributed by atoms with Crippen molar-refractivity contribution in [3.05, 3.63) is 76.6 Å². The average molecular weight is 635 g/mol. The van der Waals surface area contributed by atoms with E-state index in [0.717, 1.165) is 69.5 Å². The number of hydrogen-bond acceptors (Lipinski definition) is 10. The van der Waals surface area contributed by atoms with Crippen LogP contribution in [-0.4, -0.2) is 96.3 Å². The molecule has 8 rings (SSSR count). The van der Waals surface area contributed by atoms with Crippen LogP contribution >= 0.6 is 11.3 Å². The Hall–Kier alpha value is -4.62. The average Bonchev–Trinajstić information content (AvgIpc) is 3.91. The van der Waals surface area contributed by atoms with Crippen LogP contribution in [0, 0.1) is 12.3 Å². The molecule has 2 saturated heterocycles. The zero-order chi connectivity index (χ0) is 31.4. The molecule has 2 amide bonds. The van der Waals surface area contributed by atoms with Crippen LogP contribution in [0.1, 0.15) is 46.8 Å². The first-order valence-corrected chi connectivity index (χ1v) is 16.5. The second-order valence-electron chi connectivity index (χ2n) is 12.6. The Morgan fingerprint density at radius 1 is 1.04 bits per heavy atom. The van der Waals surface area contributed by atoms with Crippen LogP contribution in [0.3, 0.4) is 0 Å². The maximum Gasteiger partial charge on any atom is 0.237 e. The highest BCUT2D eigenvalue weighted by Gasteiger charge is 2.51. The lowest BCUT2D eigenvalue weighted by atomic mass is 9.85. The first-order valence-electron chi connectivity index (χ1n) is 15.7. The lowest BCUT2D eigenvalue weighted by Gasteiger charge is -2.28. The number of fused-ring (bicyclic) bond motifs is 1. The Morgan fingerprint density at radius 3 is 2.72 bits per heavy atom. The van der Waals surface area contributed by atoms with E-state index in [1.54, 1.807) is 22.3 Å². The summed E-state index contributed by atoms with van der Waals surface area (Å²) in [6.45, 7) is 6.04. The molecule has 4 aliphatic rings. The summed E-state index contributed by atoms with van der Waals surface area (Å²) >= 11 is 1.58. The number of thiazole rings is 1. The van der Waals surface area contributed by atoms with Gasteiger partial charge in [0.25, 0.3) is 0 Å². The zero-order valence-corrected chi connectivity index (χ0v) is 26.7. The molecule has 4 aromatic heterocycles. The molecule has 1 spiro atoms. The van der Waals surface area contributed by atoms with E-state index in [0.29, 0.717) is 50.9 Å². The fourth-order valence-electron chi connectivity index (χ4n) is 6.91. The fraction of sp³-hybridized carbons (Fsp3) is 0.394. The minimum atomic E-state index is -0.473. The van der Waals surface area contributed by atoms with Gasteiger partial charge in [0.05, 0.1) is 34.8 Å². The summed E-state index contributed by atoms with van der Waals surface area (Å²) in [5.74, 6) is 1.56. The maximum absolute atomic E-state index is 13.9. The highest BCUT2D eigenvalue weighted by molar-refractivity contribution is 7.16. The zero-order valence-electron chi connectivity index (χ0n) is 25.9. The van der Waals surface area contributed by atoms with Crippen molar-refractivity contribution in [1.29, 1.82) is 0 Å².